The summed E-state index contributed by atoms with van der Waals surface area (Å²) in [5.74, 6) is 1.11. The fraction of sp³-hybridized carbons (Fsp3) is 0.636. The summed E-state index contributed by atoms with van der Waals surface area (Å²) in [6.07, 6.45) is 5.95. The van der Waals surface area contributed by atoms with Gasteiger partial charge >= 0.3 is 5.69 Å². The number of sulfonamides is 1. The molecule has 1 aromatic rings. The molecular weight excluding hydrogens is 334 g/mol. The number of hydrogen-bond acceptors (Lipinski definition) is 7. The third-order valence-corrected chi connectivity index (χ3v) is 6.33. The van der Waals surface area contributed by atoms with Crippen LogP contribution >= 0.6 is 23.1 Å². The van der Waals surface area contributed by atoms with Gasteiger partial charge in [0.05, 0.1) is 4.92 Å². The Morgan fingerprint density at radius 1 is 1.38 bits per heavy atom. The molecule has 0 saturated heterocycles. The second-order valence-corrected chi connectivity index (χ2v) is 8.44. The Kier molecular flexibility index (Phi) is 7.43. The summed E-state index contributed by atoms with van der Waals surface area (Å²) >= 11 is 2.50. The van der Waals surface area contributed by atoms with Gasteiger partial charge < -0.3 is 5.73 Å². The largest absolute Gasteiger partial charge is 0.385 e. The predicted molar refractivity (Wildman–Crippen MR) is 87.4 cm³/mol. The van der Waals surface area contributed by atoms with Crippen LogP contribution in [-0.2, 0) is 10.0 Å². The van der Waals surface area contributed by atoms with Crippen LogP contribution in [-0.4, -0.2) is 31.9 Å². The van der Waals surface area contributed by atoms with Crippen molar-refractivity contribution in [3.05, 3.63) is 16.2 Å². The molecule has 3 N–H and O–H groups in total. The Hall–Kier alpha value is -0.840. The fourth-order valence-corrected chi connectivity index (χ4v) is 4.48. The van der Waals surface area contributed by atoms with Crippen LogP contribution < -0.4 is 10.5 Å². The lowest BCUT2D eigenvalue weighted by molar-refractivity contribution is -0.383. The number of nitro groups is 1. The molecule has 21 heavy (non-hydrogen) atoms. The van der Waals surface area contributed by atoms with E-state index in [0.717, 1.165) is 37.5 Å². The topological polar surface area (TPSA) is 115 Å². The quantitative estimate of drug-likeness (QED) is 0.379. The molecule has 0 aliphatic heterocycles. The summed E-state index contributed by atoms with van der Waals surface area (Å²) in [5, 5.41) is 10.6. The van der Waals surface area contributed by atoms with Gasteiger partial charge in [-0.05, 0) is 24.9 Å². The number of thioether (sulfide) groups is 1. The lowest BCUT2D eigenvalue weighted by Crippen LogP contribution is -2.24. The number of nitrogens with two attached hydrogens (primary N) is 1. The summed E-state index contributed by atoms with van der Waals surface area (Å²) in [6.45, 7) is 0.327. The summed E-state index contributed by atoms with van der Waals surface area (Å²) in [4.78, 5) is 9.98. The number of nitrogens with one attached hydrogen (secondary N) is 1. The lowest BCUT2D eigenvalue weighted by atomic mass is 10.2. The van der Waals surface area contributed by atoms with Gasteiger partial charge in [0.2, 0.25) is 10.0 Å². The highest BCUT2D eigenvalue weighted by atomic mass is 32.2. The minimum absolute atomic E-state index is 0.0996. The smallest absolute Gasteiger partial charge is 0.304 e. The Balaban J connectivity index is 2.47. The monoisotopic (exact) mass is 353 g/mol. The molecule has 0 aliphatic carbocycles. The van der Waals surface area contributed by atoms with E-state index in [1.807, 2.05) is 0 Å². The highest BCUT2D eigenvalue weighted by molar-refractivity contribution is 7.98. The van der Waals surface area contributed by atoms with Gasteiger partial charge in [-0.1, -0.05) is 24.2 Å². The molecule has 120 valence electrons. The molecule has 1 rings (SSSR count). The van der Waals surface area contributed by atoms with Gasteiger partial charge in [-0.15, -0.1) is 0 Å². The van der Waals surface area contributed by atoms with Crippen LogP contribution in [0.5, 0.6) is 0 Å². The average molecular weight is 353 g/mol. The molecule has 0 radical (unpaired) electrons. The second-order valence-electron chi connectivity index (χ2n) is 4.38. The number of nitrogens with zero attached hydrogens (tertiary/aromatic N) is 1. The van der Waals surface area contributed by atoms with Crippen LogP contribution in [0.4, 0.5) is 10.7 Å². The molecule has 0 bridgehead atoms. The maximum Gasteiger partial charge on any atom is 0.304 e. The molecule has 1 heterocycles. The van der Waals surface area contributed by atoms with Crippen molar-refractivity contribution >= 4 is 43.8 Å². The van der Waals surface area contributed by atoms with Crippen molar-refractivity contribution in [3.63, 3.8) is 0 Å². The van der Waals surface area contributed by atoms with E-state index in [0.29, 0.717) is 17.9 Å². The summed E-state index contributed by atoms with van der Waals surface area (Å²) < 4.78 is 26.3. The molecule has 0 saturated carbocycles. The number of thiophene rings is 1. The van der Waals surface area contributed by atoms with Crippen LogP contribution in [0.15, 0.2) is 10.3 Å². The number of hydrogen-bond donors (Lipinski definition) is 2. The Labute approximate surface area is 132 Å². The minimum atomic E-state index is -3.71. The molecule has 0 fully saturated rings. The Morgan fingerprint density at radius 2 is 2.05 bits per heavy atom. The molecule has 0 amide bonds. The fourth-order valence-electron chi connectivity index (χ4n) is 1.65. The van der Waals surface area contributed by atoms with E-state index in [4.69, 9.17) is 5.73 Å². The van der Waals surface area contributed by atoms with Crippen molar-refractivity contribution in [3.8, 4) is 0 Å². The summed E-state index contributed by atoms with van der Waals surface area (Å²) in [5.41, 5.74) is 5.08. The van der Waals surface area contributed by atoms with Gasteiger partial charge in [0, 0.05) is 12.6 Å². The maximum absolute atomic E-state index is 12.0. The van der Waals surface area contributed by atoms with E-state index in [1.165, 1.54) is 0 Å². The van der Waals surface area contributed by atoms with Crippen molar-refractivity contribution in [2.75, 3.05) is 24.3 Å². The highest BCUT2D eigenvalue weighted by Gasteiger charge is 2.24. The first-order valence-corrected chi connectivity index (χ1v) is 10.1. The number of unbranched alkanes of at least 4 members (excludes halogenated alkanes) is 3. The van der Waals surface area contributed by atoms with Crippen LogP contribution in [0.1, 0.15) is 25.7 Å². The van der Waals surface area contributed by atoms with E-state index >= 15 is 0 Å². The maximum atomic E-state index is 12.0. The second kappa shape index (κ2) is 8.57. The van der Waals surface area contributed by atoms with Gasteiger partial charge in [-0.2, -0.15) is 11.8 Å². The molecule has 0 atom stereocenters. The van der Waals surface area contributed by atoms with Crippen molar-refractivity contribution in [2.24, 2.45) is 0 Å². The molecule has 0 aromatic carbocycles. The number of nitrogen functional groups attached to an aromatic ring is 1. The van der Waals surface area contributed by atoms with Gasteiger partial charge in [0.25, 0.3) is 0 Å². The molecule has 0 aliphatic rings. The Morgan fingerprint density at radius 3 is 2.62 bits per heavy atom. The third-order valence-electron chi connectivity index (χ3n) is 2.75. The van der Waals surface area contributed by atoms with Crippen LogP contribution in [0.25, 0.3) is 0 Å². The van der Waals surface area contributed by atoms with E-state index in [2.05, 4.69) is 11.0 Å². The van der Waals surface area contributed by atoms with E-state index in [1.54, 1.807) is 11.8 Å². The van der Waals surface area contributed by atoms with Gasteiger partial charge in [-0.25, -0.2) is 13.1 Å². The molecule has 7 nitrogen and oxygen atoms in total. The standard InChI is InChI=1S/C11H19N3O4S3/c1-19-7-5-3-2-4-6-13-21(17,18)10-8-9(14(15)16)11(12)20-10/h8,13H,2-7,12H2,1H3. The van der Waals surface area contributed by atoms with Crippen molar-refractivity contribution in [1.29, 1.82) is 0 Å². The normalized spacial score (nSPS) is 11.7. The Bertz CT molecular complexity index is 571. The predicted octanol–water partition coefficient (Wildman–Crippen LogP) is 2.44. The first-order valence-electron chi connectivity index (χ1n) is 6.41. The highest BCUT2D eigenvalue weighted by Crippen LogP contribution is 2.34. The average Bonchev–Trinajstić information content (AvgIpc) is 2.81. The van der Waals surface area contributed by atoms with E-state index in [-0.39, 0.29) is 14.9 Å². The zero-order valence-corrected chi connectivity index (χ0v) is 14.2. The van der Waals surface area contributed by atoms with Crippen molar-refractivity contribution < 1.29 is 13.3 Å². The first-order chi connectivity index (χ1) is 9.88. The van der Waals surface area contributed by atoms with Crippen LogP contribution in [0, 0.1) is 10.1 Å². The number of rotatable bonds is 10. The third kappa shape index (κ3) is 5.81. The molecule has 1 aromatic heterocycles. The van der Waals surface area contributed by atoms with Gasteiger partial charge in [0.1, 0.15) is 4.21 Å². The lowest BCUT2D eigenvalue weighted by Gasteiger charge is -2.04. The van der Waals surface area contributed by atoms with Gasteiger partial charge in [0.15, 0.2) is 5.00 Å². The van der Waals surface area contributed by atoms with Crippen molar-refractivity contribution in [1.82, 2.24) is 4.72 Å². The first kappa shape index (κ1) is 18.2. The zero-order valence-electron chi connectivity index (χ0n) is 11.7. The minimum Gasteiger partial charge on any atom is -0.385 e. The summed E-state index contributed by atoms with van der Waals surface area (Å²) in [6, 6.07) is 1.00. The van der Waals surface area contributed by atoms with Crippen molar-refractivity contribution in [2.45, 2.75) is 29.9 Å². The molecule has 10 heteroatoms. The van der Waals surface area contributed by atoms with E-state index < -0.39 is 14.9 Å². The molecule has 0 spiro atoms. The number of anilines is 1. The van der Waals surface area contributed by atoms with E-state index in [9.17, 15) is 18.5 Å². The SMILES string of the molecule is CSCCCCCCNS(=O)(=O)c1cc([N+](=O)[O-])c(N)s1. The molecule has 0 unspecified atom stereocenters. The summed E-state index contributed by atoms with van der Waals surface area (Å²) in [7, 11) is -3.71. The zero-order chi connectivity index (χ0) is 15.9. The van der Waals surface area contributed by atoms with Crippen LogP contribution in [0.2, 0.25) is 0 Å². The van der Waals surface area contributed by atoms with Crippen LogP contribution in [0.3, 0.4) is 0 Å². The molecular formula is C11H19N3O4S3. The van der Waals surface area contributed by atoms with Gasteiger partial charge in [-0.3, -0.25) is 10.1 Å².